The van der Waals surface area contributed by atoms with Crippen molar-refractivity contribution in [3.05, 3.63) is 0 Å². The number of hydrogen-bond donors (Lipinski definition) is 3. The Morgan fingerprint density at radius 1 is 0.811 bits per heavy atom. The molecule has 3 N–H and O–H groups in total. The van der Waals surface area contributed by atoms with Gasteiger partial charge in [-0.15, -0.1) is 0 Å². The van der Waals surface area contributed by atoms with Crippen LogP contribution >= 0.6 is 0 Å². The van der Waals surface area contributed by atoms with Crippen molar-refractivity contribution >= 4 is 12.2 Å². The van der Waals surface area contributed by atoms with Gasteiger partial charge in [0.1, 0.15) is 12.2 Å². The van der Waals surface area contributed by atoms with E-state index in [9.17, 15) is 14.7 Å². The van der Waals surface area contributed by atoms with E-state index < -0.39 is 18.3 Å². The zero-order valence-corrected chi connectivity index (χ0v) is 23.0. The van der Waals surface area contributed by atoms with E-state index in [1.807, 2.05) is 13.8 Å². The van der Waals surface area contributed by atoms with Crippen LogP contribution in [0.1, 0.15) is 33.6 Å². The number of ether oxygens (including phenoxy) is 4. The first-order chi connectivity index (χ1) is 17.8. The van der Waals surface area contributed by atoms with E-state index in [0.29, 0.717) is 32.7 Å². The molecule has 2 aliphatic rings. The number of rotatable bonds is 16. The molecule has 216 valence electrons. The molecule has 3 unspecified atom stereocenters. The molecule has 12 nitrogen and oxygen atoms in total. The van der Waals surface area contributed by atoms with Crippen LogP contribution in [0.4, 0.5) is 9.59 Å². The number of carbonyl (C=O) groups excluding carboxylic acids is 2. The number of alkyl carbamates (subject to hydrolysis) is 2. The van der Waals surface area contributed by atoms with Crippen molar-refractivity contribution in [1.82, 2.24) is 25.3 Å². The summed E-state index contributed by atoms with van der Waals surface area (Å²) in [6, 6.07) is 0. The molecule has 0 aromatic rings. The molecule has 2 heterocycles. The summed E-state index contributed by atoms with van der Waals surface area (Å²) in [4.78, 5) is 30.8. The maximum atomic E-state index is 12.1. The van der Waals surface area contributed by atoms with Crippen LogP contribution in [0.2, 0.25) is 0 Å². The Kier molecular flexibility index (Phi) is 15.8. The summed E-state index contributed by atoms with van der Waals surface area (Å²) in [6.07, 6.45) is -0.194. The Morgan fingerprint density at radius 3 is 1.59 bits per heavy atom. The molecule has 2 fully saturated rings. The number of hydrogen-bond acceptors (Lipinski definition) is 10. The number of carbonyl (C=O) groups is 2. The maximum Gasteiger partial charge on any atom is 0.407 e. The highest BCUT2D eigenvalue weighted by molar-refractivity contribution is 5.67. The highest BCUT2D eigenvalue weighted by Crippen LogP contribution is 2.03. The Hall–Kier alpha value is -1.70. The van der Waals surface area contributed by atoms with Crippen molar-refractivity contribution in [2.45, 2.75) is 51.9 Å². The Bertz CT molecular complexity index is 583. The first-order valence-corrected chi connectivity index (χ1v) is 13.7. The zero-order valence-electron chi connectivity index (χ0n) is 23.0. The minimum absolute atomic E-state index is 0.189. The summed E-state index contributed by atoms with van der Waals surface area (Å²) in [5.74, 6) is 0. The normalized spacial score (nSPS) is 19.7. The molecule has 0 aromatic carbocycles. The first-order valence-electron chi connectivity index (χ1n) is 13.7. The number of amides is 2. The largest absolute Gasteiger partial charge is 0.445 e. The molecule has 3 atom stereocenters. The fourth-order valence-electron chi connectivity index (χ4n) is 4.47. The second-order valence-corrected chi connectivity index (χ2v) is 9.97. The fourth-order valence-corrected chi connectivity index (χ4v) is 4.47. The SMILES string of the molecule is CC(O)CN(CCCNC(=O)OC(C)CN1CCOCC1)CCCNC(=O)OC(C)CN1CCOCC1. The van der Waals surface area contributed by atoms with Crippen molar-refractivity contribution in [1.29, 1.82) is 0 Å². The third-order valence-electron chi connectivity index (χ3n) is 6.22. The van der Waals surface area contributed by atoms with Crippen LogP contribution in [0.25, 0.3) is 0 Å². The van der Waals surface area contributed by atoms with Crippen molar-refractivity contribution in [2.24, 2.45) is 0 Å². The average Bonchev–Trinajstić information content (AvgIpc) is 2.85. The smallest absolute Gasteiger partial charge is 0.407 e. The van der Waals surface area contributed by atoms with E-state index in [-0.39, 0.29) is 12.2 Å². The molecule has 2 aliphatic heterocycles. The molecule has 0 aromatic heterocycles. The van der Waals surface area contributed by atoms with Crippen LogP contribution in [0.15, 0.2) is 0 Å². The summed E-state index contributed by atoms with van der Waals surface area (Å²) in [7, 11) is 0. The van der Waals surface area contributed by atoms with Gasteiger partial charge < -0.3 is 39.6 Å². The molecule has 0 spiro atoms. The molecule has 2 saturated heterocycles. The van der Waals surface area contributed by atoms with Gasteiger partial charge in [-0.05, 0) is 46.7 Å². The maximum absolute atomic E-state index is 12.1. The van der Waals surface area contributed by atoms with E-state index in [2.05, 4.69) is 25.3 Å². The molecule has 0 bridgehead atoms. The van der Waals surface area contributed by atoms with Gasteiger partial charge in [0.2, 0.25) is 0 Å². The van der Waals surface area contributed by atoms with E-state index in [0.717, 1.165) is 78.5 Å². The van der Waals surface area contributed by atoms with Gasteiger partial charge in [-0.25, -0.2) is 9.59 Å². The second-order valence-electron chi connectivity index (χ2n) is 9.97. The van der Waals surface area contributed by atoms with E-state index >= 15 is 0 Å². The number of aliphatic hydroxyl groups is 1. The van der Waals surface area contributed by atoms with Crippen LogP contribution in [-0.2, 0) is 18.9 Å². The average molecular weight is 532 g/mol. The highest BCUT2D eigenvalue weighted by atomic mass is 16.6. The Balaban J connectivity index is 1.54. The predicted molar refractivity (Wildman–Crippen MR) is 140 cm³/mol. The third kappa shape index (κ3) is 15.3. The van der Waals surface area contributed by atoms with Crippen molar-refractivity contribution in [3.63, 3.8) is 0 Å². The quantitative estimate of drug-likeness (QED) is 0.240. The van der Waals surface area contributed by atoms with Gasteiger partial charge in [-0.2, -0.15) is 0 Å². The monoisotopic (exact) mass is 531 g/mol. The standard InChI is InChI=1S/C25H49N5O7/c1-21(31)18-28(8-4-6-26-24(32)36-22(2)19-29-10-14-34-15-11-29)9-5-7-27-25(33)37-23(3)20-30-12-16-35-17-13-30/h21-23,31H,4-20H2,1-3H3,(H,26,32)(H,27,33). The fraction of sp³-hybridized carbons (Fsp3) is 0.920. The number of nitrogens with one attached hydrogen (secondary N) is 2. The van der Waals surface area contributed by atoms with Crippen molar-refractivity contribution in [3.8, 4) is 0 Å². The van der Waals surface area contributed by atoms with E-state index in [1.54, 1.807) is 6.92 Å². The van der Waals surface area contributed by atoms with Gasteiger partial charge in [0, 0.05) is 58.9 Å². The lowest BCUT2D eigenvalue weighted by atomic mass is 10.3. The summed E-state index contributed by atoms with van der Waals surface area (Å²) in [5, 5.41) is 15.5. The minimum atomic E-state index is -0.460. The van der Waals surface area contributed by atoms with Crippen molar-refractivity contribution < 1.29 is 33.6 Å². The van der Waals surface area contributed by atoms with Crippen LogP contribution in [0, 0.1) is 0 Å². The van der Waals surface area contributed by atoms with Gasteiger partial charge in [0.15, 0.2) is 0 Å². The predicted octanol–water partition coefficient (Wildman–Crippen LogP) is 0.343. The van der Waals surface area contributed by atoms with Crippen LogP contribution in [0.5, 0.6) is 0 Å². The molecular weight excluding hydrogens is 482 g/mol. The summed E-state index contributed by atoms with van der Waals surface area (Å²) >= 11 is 0. The molecule has 0 radical (unpaired) electrons. The number of nitrogens with zero attached hydrogens (tertiary/aromatic N) is 3. The molecular formula is C25H49N5O7. The number of aliphatic hydroxyl groups excluding tert-OH is 1. The Labute approximate surface area is 221 Å². The highest BCUT2D eigenvalue weighted by Gasteiger charge is 2.18. The van der Waals surface area contributed by atoms with Gasteiger partial charge in [-0.3, -0.25) is 9.80 Å². The van der Waals surface area contributed by atoms with Gasteiger partial charge in [-0.1, -0.05) is 0 Å². The summed E-state index contributed by atoms with van der Waals surface area (Å²) < 4.78 is 21.6. The summed E-state index contributed by atoms with van der Waals surface area (Å²) in [5.41, 5.74) is 0. The van der Waals surface area contributed by atoms with Crippen LogP contribution in [0.3, 0.4) is 0 Å². The second kappa shape index (κ2) is 18.5. The van der Waals surface area contributed by atoms with Crippen LogP contribution in [-0.4, -0.2) is 149 Å². The Morgan fingerprint density at radius 2 is 1.22 bits per heavy atom. The summed E-state index contributed by atoms with van der Waals surface area (Å²) in [6.45, 7) is 16.2. The zero-order chi connectivity index (χ0) is 26.9. The molecule has 0 aliphatic carbocycles. The molecule has 0 saturated carbocycles. The van der Waals surface area contributed by atoms with E-state index in [4.69, 9.17) is 18.9 Å². The number of morpholine rings is 2. The van der Waals surface area contributed by atoms with Gasteiger partial charge in [0.25, 0.3) is 0 Å². The molecule has 2 amide bonds. The lowest BCUT2D eigenvalue weighted by Gasteiger charge is -2.29. The first kappa shape index (κ1) is 31.5. The van der Waals surface area contributed by atoms with Gasteiger partial charge in [0.05, 0.1) is 32.5 Å². The van der Waals surface area contributed by atoms with Crippen molar-refractivity contribution in [2.75, 3.05) is 98.4 Å². The lowest BCUT2D eigenvalue weighted by molar-refractivity contribution is 0.0125. The molecule has 2 rings (SSSR count). The van der Waals surface area contributed by atoms with E-state index in [1.165, 1.54) is 0 Å². The molecule has 12 heteroatoms. The van der Waals surface area contributed by atoms with Gasteiger partial charge >= 0.3 is 12.2 Å². The minimum Gasteiger partial charge on any atom is -0.445 e. The van der Waals surface area contributed by atoms with Crippen LogP contribution < -0.4 is 10.6 Å². The molecule has 37 heavy (non-hydrogen) atoms. The topological polar surface area (TPSA) is 125 Å². The third-order valence-corrected chi connectivity index (χ3v) is 6.22. The lowest BCUT2D eigenvalue weighted by Crippen LogP contribution is -2.42.